The normalized spacial score (nSPS) is 12.3. The van der Waals surface area contributed by atoms with Crippen LogP contribution in [0.1, 0.15) is 18.1 Å². The monoisotopic (exact) mass is 356 g/mol. The van der Waals surface area contributed by atoms with Crippen LogP contribution in [0.15, 0.2) is 48.5 Å². The van der Waals surface area contributed by atoms with Crippen LogP contribution in [0, 0.1) is 0 Å². The SMILES string of the molecule is CC(c1ccc(O)cc1)(c1ccc(O)cc1)C(P(O)O)P(O)O. The zero-order chi connectivity index (χ0) is 17.2. The molecule has 2 aromatic carbocycles. The summed E-state index contributed by atoms with van der Waals surface area (Å²) < 4.78 is 0. The molecule has 0 atom stereocenters. The second-order valence-electron chi connectivity index (χ2n) is 5.31. The molecule has 0 bridgehead atoms. The van der Waals surface area contributed by atoms with Crippen molar-refractivity contribution in [2.24, 2.45) is 0 Å². The lowest BCUT2D eigenvalue weighted by Gasteiger charge is -2.39. The summed E-state index contributed by atoms with van der Waals surface area (Å²) >= 11 is 0. The summed E-state index contributed by atoms with van der Waals surface area (Å²) in [5.74, 6) is 0.0905. The van der Waals surface area contributed by atoms with E-state index in [9.17, 15) is 29.8 Å². The van der Waals surface area contributed by atoms with E-state index in [1.807, 2.05) is 0 Å². The first-order valence-corrected chi connectivity index (χ1v) is 9.33. The van der Waals surface area contributed by atoms with Crippen LogP contribution >= 0.6 is 16.8 Å². The molecule has 124 valence electrons. The Morgan fingerprint density at radius 2 is 1.00 bits per heavy atom. The van der Waals surface area contributed by atoms with Gasteiger partial charge in [-0.15, -0.1) is 0 Å². The van der Waals surface area contributed by atoms with Crippen LogP contribution in [0.2, 0.25) is 0 Å². The molecule has 2 aromatic rings. The zero-order valence-corrected chi connectivity index (χ0v) is 14.1. The van der Waals surface area contributed by atoms with Gasteiger partial charge in [0.15, 0.2) is 16.8 Å². The van der Waals surface area contributed by atoms with Gasteiger partial charge in [0.25, 0.3) is 0 Å². The fourth-order valence-corrected chi connectivity index (χ4v) is 4.89. The molecule has 0 amide bonds. The van der Waals surface area contributed by atoms with Crippen molar-refractivity contribution in [2.75, 3.05) is 0 Å². The van der Waals surface area contributed by atoms with Crippen molar-refractivity contribution in [3.8, 4) is 11.5 Å². The molecule has 0 spiro atoms. The van der Waals surface area contributed by atoms with Gasteiger partial charge in [0.05, 0.1) is 0 Å². The van der Waals surface area contributed by atoms with Gasteiger partial charge in [-0.3, -0.25) is 0 Å². The molecule has 0 saturated heterocycles. The lowest BCUT2D eigenvalue weighted by Crippen LogP contribution is -2.35. The Morgan fingerprint density at radius 3 is 1.26 bits per heavy atom. The third-order valence-electron chi connectivity index (χ3n) is 3.89. The van der Waals surface area contributed by atoms with Gasteiger partial charge in [-0.05, 0) is 35.4 Å². The predicted octanol–water partition coefficient (Wildman–Crippen LogP) is 2.32. The first kappa shape index (κ1) is 18.1. The minimum Gasteiger partial charge on any atom is -0.508 e. The highest BCUT2D eigenvalue weighted by Gasteiger charge is 2.46. The highest BCUT2D eigenvalue weighted by Crippen LogP contribution is 2.60. The van der Waals surface area contributed by atoms with Gasteiger partial charge in [-0.2, -0.15) is 0 Å². The van der Waals surface area contributed by atoms with Crippen molar-refractivity contribution in [1.29, 1.82) is 0 Å². The third-order valence-corrected chi connectivity index (χ3v) is 7.04. The molecule has 0 aromatic heterocycles. The van der Waals surface area contributed by atoms with E-state index in [0.29, 0.717) is 11.1 Å². The molecule has 0 aliphatic heterocycles. The highest BCUT2D eigenvalue weighted by atomic mass is 31.2. The fraction of sp³-hybridized carbons (Fsp3) is 0.200. The molecule has 0 saturated carbocycles. The van der Waals surface area contributed by atoms with Gasteiger partial charge >= 0.3 is 0 Å². The van der Waals surface area contributed by atoms with Crippen LogP contribution in [0.25, 0.3) is 0 Å². The minimum atomic E-state index is -2.65. The summed E-state index contributed by atoms with van der Waals surface area (Å²) in [5.41, 5.74) is 0.0283. The molecule has 0 fully saturated rings. The third kappa shape index (κ3) is 3.64. The summed E-state index contributed by atoms with van der Waals surface area (Å²) in [5, 5.41) is 17.7. The van der Waals surface area contributed by atoms with E-state index >= 15 is 0 Å². The zero-order valence-electron chi connectivity index (χ0n) is 12.3. The molecule has 8 heteroatoms. The summed E-state index contributed by atoms with van der Waals surface area (Å²) in [6, 6.07) is 12.1. The van der Waals surface area contributed by atoms with Gasteiger partial charge < -0.3 is 29.8 Å². The Bertz CT molecular complexity index is 589. The van der Waals surface area contributed by atoms with E-state index in [1.165, 1.54) is 24.3 Å². The summed E-state index contributed by atoms with van der Waals surface area (Å²) in [7, 11) is -5.30. The molecular formula is C15H18O6P2. The van der Waals surface area contributed by atoms with Crippen molar-refractivity contribution in [2.45, 2.75) is 17.7 Å². The van der Waals surface area contributed by atoms with Crippen LogP contribution in [-0.4, -0.2) is 35.2 Å². The van der Waals surface area contributed by atoms with Crippen molar-refractivity contribution in [3.05, 3.63) is 59.7 Å². The molecular weight excluding hydrogens is 338 g/mol. The van der Waals surface area contributed by atoms with Crippen molar-refractivity contribution in [1.82, 2.24) is 0 Å². The number of aromatic hydroxyl groups is 2. The maximum Gasteiger partial charge on any atom is 0.178 e. The number of benzene rings is 2. The van der Waals surface area contributed by atoms with Gasteiger partial charge in [0.2, 0.25) is 0 Å². The van der Waals surface area contributed by atoms with E-state index in [4.69, 9.17) is 0 Å². The Kier molecular flexibility index (Phi) is 5.58. The summed E-state index contributed by atoms with van der Waals surface area (Å²) in [4.78, 5) is 39.1. The van der Waals surface area contributed by atoms with E-state index in [2.05, 4.69) is 0 Å². The van der Waals surface area contributed by atoms with Crippen LogP contribution in [0.3, 0.4) is 0 Å². The maximum atomic E-state index is 9.77. The standard InChI is InChI=1S/C15H18O6P2/c1-15(14(22(18)19)23(20)21,10-2-6-12(16)7-3-10)11-4-8-13(17)9-5-11/h2-9,14,16-21H,1H3. The van der Waals surface area contributed by atoms with Gasteiger partial charge in [-0.1, -0.05) is 31.2 Å². The first-order valence-electron chi connectivity index (χ1n) is 6.70. The molecule has 0 aliphatic rings. The molecule has 6 N–H and O–H groups in total. The number of hydrogen-bond donors (Lipinski definition) is 6. The lowest BCUT2D eigenvalue weighted by atomic mass is 9.77. The molecule has 0 radical (unpaired) electrons. The number of phenolic OH excluding ortho intramolecular Hbond substituents is 2. The highest BCUT2D eigenvalue weighted by molar-refractivity contribution is 7.64. The number of rotatable bonds is 5. The van der Waals surface area contributed by atoms with Gasteiger partial charge in [0.1, 0.15) is 16.9 Å². The van der Waals surface area contributed by atoms with Crippen molar-refractivity contribution in [3.63, 3.8) is 0 Å². The Balaban J connectivity index is 2.67. The van der Waals surface area contributed by atoms with E-state index < -0.39 is 27.6 Å². The summed E-state index contributed by atoms with van der Waals surface area (Å²) in [6.07, 6.45) is 0. The van der Waals surface area contributed by atoms with Crippen LogP contribution in [0.5, 0.6) is 11.5 Å². The van der Waals surface area contributed by atoms with Crippen molar-refractivity contribution < 1.29 is 29.8 Å². The molecule has 23 heavy (non-hydrogen) atoms. The van der Waals surface area contributed by atoms with E-state index in [1.54, 1.807) is 31.2 Å². The Morgan fingerprint density at radius 1 is 0.696 bits per heavy atom. The molecule has 0 aliphatic carbocycles. The van der Waals surface area contributed by atoms with Gasteiger partial charge in [0, 0.05) is 5.41 Å². The van der Waals surface area contributed by atoms with Crippen LogP contribution in [-0.2, 0) is 5.41 Å². The Hall–Kier alpha value is -1.26. The molecule has 2 rings (SSSR count). The smallest absolute Gasteiger partial charge is 0.178 e. The minimum absolute atomic E-state index is 0.0453. The Labute approximate surface area is 136 Å². The van der Waals surface area contributed by atoms with Crippen molar-refractivity contribution >= 4 is 16.8 Å². The van der Waals surface area contributed by atoms with E-state index in [0.717, 1.165) is 0 Å². The van der Waals surface area contributed by atoms with Gasteiger partial charge in [-0.25, -0.2) is 0 Å². The van der Waals surface area contributed by atoms with Crippen LogP contribution in [0.4, 0.5) is 0 Å². The fourth-order valence-electron chi connectivity index (χ4n) is 2.63. The number of hydrogen-bond acceptors (Lipinski definition) is 6. The molecule has 0 heterocycles. The summed E-state index contributed by atoms with van der Waals surface area (Å²) in [6.45, 7) is 1.67. The van der Waals surface area contributed by atoms with E-state index in [-0.39, 0.29) is 11.5 Å². The second kappa shape index (κ2) is 7.10. The molecule has 6 nitrogen and oxygen atoms in total. The van der Waals surface area contributed by atoms with Crippen LogP contribution < -0.4 is 0 Å². The topological polar surface area (TPSA) is 121 Å². The first-order chi connectivity index (χ1) is 10.8. The largest absolute Gasteiger partial charge is 0.508 e. The second-order valence-corrected chi connectivity index (χ2v) is 8.03. The predicted molar refractivity (Wildman–Crippen MR) is 89.2 cm³/mol. The average Bonchev–Trinajstić information content (AvgIpc) is 2.47. The average molecular weight is 356 g/mol. The quantitative estimate of drug-likeness (QED) is 0.457. The molecule has 0 unspecified atom stereocenters. The maximum absolute atomic E-state index is 9.77. The number of phenols is 2. The lowest BCUT2D eigenvalue weighted by molar-refractivity contribution is 0.416.